The van der Waals surface area contributed by atoms with E-state index < -0.39 is 5.41 Å². The summed E-state index contributed by atoms with van der Waals surface area (Å²) in [7, 11) is 0. The number of halogens is 1. The van der Waals surface area contributed by atoms with Gasteiger partial charge in [0, 0.05) is 24.8 Å². The van der Waals surface area contributed by atoms with E-state index in [1.165, 1.54) is 12.1 Å². The first-order valence-electron chi connectivity index (χ1n) is 8.99. The van der Waals surface area contributed by atoms with Crippen LogP contribution in [-0.4, -0.2) is 17.0 Å². The maximum absolute atomic E-state index is 13.2. The molecule has 0 bridgehead atoms. The van der Waals surface area contributed by atoms with Crippen molar-refractivity contribution in [1.82, 2.24) is 9.88 Å². The van der Waals surface area contributed by atoms with Crippen LogP contribution in [-0.2, 0) is 16.8 Å². The lowest BCUT2D eigenvalue weighted by atomic mass is 9.87. The molecule has 1 amide bonds. The van der Waals surface area contributed by atoms with Crippen molar-refractivity contribution in [2.75, 3.05) is 6.54 Å². The van der Waals surface area contributed by atoms with Crippen LogP contribution in [0.5, 0.6) is 0 Å². The summed E-state index contributed by atoms with van der Waals surface area (Å²) < 4.78 is 14.9. The molecule has 1 aromatic heterocycles. The Kier molecular flexibility index (Phi) is 4.74. The van der Waals surface area contributed by atoms with Gasteiger partial charge in [0.2, 0.25) is 5.91 Å². The maximum atomic E-state index is 13.2. The number of carbonyl (C=O) groups is 1. The number of benzene rings is 1. The summed E-state index contributed by atoms with van der Waals surface area (Å²) in [6.45, 7) is 7.08. The van der Waals surface area contributed by atoms with Gasteiger partial charge in [0.25, 0.3) is 5.56 Å². The fourth-order valence-electron chi connectivity index (χ4n) is 3.86. The highest BCUT2D eigenvalue weighted by atomic mass is 19.1. The number of aryl methyl sites for hydroxylation is 1. The molecule has 26 heavy (non-hydrogen) atoms. The van der Waals surface area contributed by atoms with Crippen molar-refractivity contribution in [1.29, 1.82) is 0 Å². The molecule has 1 N–H and O–H groups in total. The molecular formula is C21H25FN2O2. The van der Waals surface area contributed by atoms with Gasteiger partial charge in [-0.2, -0.15) is 0 Å². The first kappa shape index (κ1) is 18.4. The quantitative estimate of drug-likeness (QED) is 0.809. The third kappa shape index (κ3) is 3.18. The number of rotatable bonds is 6. The van der Waals surface area contributed by atoms with Crippen molar-refractivity contribution in [3.05, 3.63) is 69.9 Å². The minimum Gasteiger partial charge on any atom is -0.355 e. The molecule has 1 aromatic carbocycles. The second-order valence-electron chi connectivity index (χ2n) is 7.74. The van der Waals surface area contributed by atoms with Gasteiger partial charge in [0.1, 0.15) is 5.82 Å². The van der Waals surface area contributed by atoms with Gasteiger partial charge in [-0.05, 0) is 48.9 Å². The van der Waals surface area contributed by atoms with Crippen LogP contribution in [0.1, 0.15) is 37.9 Å². The molecule has 0 saturated heterocycles. The second kappa shape index (κ2) is 6.71. The van der Waals surface area contributed by atoms with Crippen LogP contribution in [0.25, 0.3) is 0 Å². The average molecular weight is 356 g/mol. The summed E-state index contributed by atoms with van der Waals surface area (Å²) in [6, 6.07) is 11.4. The topological polar surface area (TPSA) is 51.1 Å². The number of nitrogens with zero attached hydrogens (tertiary/aromatic N) is 1. The lowest BCUT2D eigenvalue weighted by Crippen LogP contribution is -2.38. The molecule has 1 fully saturated rings. The van der Waals surface area contributed by atoms with Gasteiger partial charge in [-0.1, -0.05) is 32.0 Å². The summed E-state index contributed by atoms with van der Waals surface area (Å²) in [6.07, 6.45) is 1.42. The first-order valence-corrected chi connectivity index (χ1v) is 8.99. The van der Waals surface area contributed by atoms with Crippen LogP contribution >= 0.6 is 0 Å². The molecular weight excluding hydrogens is 331 g/mol. The van der Waals surface area contributed by atoms with Crippen LogP contribution in [0.3, 0.4) is 0 Å². The van der Waals surface area contributed by atoms with E-state index in [9.17, 15) is 14.0 Å². The number of carbonyl (C=O) groups excluding carboxylic acids is 1. The molecule has 4 nitrogen and oxygen atoms in total. The highest BCUT2D eigenvalue weighted by molar-refractivity contribution is 5.93. The predicted molar refractivity (Wildman–Crippen MR) is 99.5 cm³/mol. The number of amides is 1. The summed E-state index contributed by atoms with van der Waals surface area (Å²) >= 11 is 0. The predicted octanol–water partition coefficient (Wildman–Crippen LogP) is 3.17. The van der Waals surface area contributed by atoms with Crippen LogP contribution in [0.15, 0.2) is 47.3 Å². The molecule has 1 aliphatic carbocycles. The molecule has 1 aliphatic rings. The fraction of sp³-hybridized carbons (Fsp3) is 0.429. The zero-order valence-electron chi connectivity index (χ0n) is 15.5. The Balaban J connectivity index is 1.64. The fourth-order valence-corrected chi connectivity index (χ4v) is 3.86. The largest absolute Gasteiger partial charge is 0.355 e. The molecule has 138 valence electrons. The minimum atomic E-state index is -0.597. The summed E-state index contributed by atoms with van der Waals surface area (Å²) in [4.78, 5) is 24.8. The number of pyridine rings is 1. The van der Waals surface area contributed by atoms with E-state index in [2.05, 4.69) is 19.2 Å². The third-order valence-corrected chi connectivity index (χ3v) is 5.57. The Bertz CT molecular complexity index is 870. The van der Waals surface area contributed by atoms with Gasteiger partial charge in [0.15, 0.2) is 0 Å². The number of aromatic nitrogens is 1. The van der Waals surface area contributed by atoms with E-state index in [1.54, 1.807) is 28.8 Å². The summed E-state index contributed by atoms with van der Waals surface area (Å²) in [5.41, 5.74) is 0.996. The van der Waals surface area contributed by atoms with E-state index in [0.29, 0.717) is 19.5 Å². The normalized spacial score (nSPS) is 20.6. The Hall–Kier alpha value is -2.43. The van der Waals surface area contributed by atoms with Crippen LogP contribution in [0.2, 0.25) is 0 Å². The third-order valence-electron chi connectivity index (χ3n) is 5.57. The van der Waals surface area contributed by atoms with Crippen molar-refractivity contribution in [3.63, 3.8) is 0 Å². The standard InChI is InChI=1S/C21H25FN2O2/c1-15-6-4-7-18(25)24(15)13-5-12-23-19(26)21(14-20(21,2)3)16-8-10-17(22)11-9-16/h4,6-11H,5,12-14H2,1-3H3,(H,23,26). The Morgan fingerprint density at radius 2 is 1.85 bits per heavy atom. The van der Waals surface area contributed by atoms with Crippen LogP contribution < -0.4 is 10.9 Å². The smallest absolute Gasteiger partial charge is 0.250 e. The molecule has 0 radical (unpaired) electrons. The van der Waals surface area contributed by atoms with E-state index in [4.69, 9.17) is 0 Å². The number of hydrogen-bond donors (Lipinski definition) is 1. The van der Waals surface area contributed by atoms with Crippen LogP contribution in [0, 0.1) is 18.2 Å². The highest BCUT2D eigenvalue weighted by Gasteiger charge is 2.66. The van der Waals surface area contributed by atoms with Gasteiger partial charge in [-0.25, -0.2) is 4.39 Å². The van der Waals surface area contributed by atoms with E-state index >= 15 is 0 Å². The van der Waals surface area contributed by atoms with Crippen molar-refractivity contribution in [2.24, 2.45) is 5.41 Å². The Labute approximate surface area is 153 Å². The lowest BCUT2D eigenvalue weighted by Gasteiger charge is -2.21. The average Bonchev–Trinajstić information content (AvgIpc) is 3.18. The van der Waals surface area contributed by atoms with E-state index in [-0.39, 0.29) is 22.7 Å². The lowest BCUT2D eigenvalue weighted by molar-refractivity contribution is -0.124. The molecule has 0 aliphatic heterocycles. The minimum absolute atomic E-state index is 0.0220. The monoisotopic (exact) mass is 356 g/mol. The number of hydrogen-bond acceptors (Lipinski definition) is 2. The second-order valence-corrected chi connectivity index (χ2v) is 7.74. The summed E-state index contributed by atoms with van der Waals surface area (Å²) in [5.74, 6) is -0.322. The molecule has 1 heterocycles. The van der Waals surface area contributed by atoms with Crippen molar-refractivity contribution >= 4 is 5.91 Å². The van der Waals surface area contributed by atoms with Gasteiger partial charge in [0.05, 0.1) is 5.41 Å². The molecule has 1 unspecified atom stereocenters. The van der Waals surface area contributed by atoms with Crippen molar-refractivity contribution in [3.8, 4) is 0 Å². The van der Waals surface area contributed by atoms with Crippen molar-refractivity contribution < 1.29 is 9.18 Å². The Morgan fingerprint density at radius 1 is 1.19 bits per heavy atom. The Morgan fingerprint density at radius 3 is 2.42 bits per heavy atom. The SMILES string of the molecule is Cc1cccc(=O)n1CCCNC(=O)C1(c2ccc(F)cc2)CC1(C)C. The first-order chi connectivity index (χ1) is 12.3. The molecule has 1 saturated carbocycles. The van der Waals surface area contributed by atoms with E-state index in [1.807, 2.05) is 13.0 Å². The molecule has 0 spiro atoms. The van der Waals surface area contributed by atoms with Gasteiger partial charge in [-0.15, -0.1) is 0 Å². The van der Waals surface area contributed by atoms with Crippen molar-refractivity contribution in [2.45, 2.75) is 45.6 Å². The van der Waals surface area contributed by atoms with Gasteiger partial charge in [-0.3, -0.25) is 9.59 Å². The van der Waals surface area contributed by atoms with Gasteiger partial charge < -0.3 is 9.88 Å². The molecule has 3 rings (SSSR count). The maximum Gasteiger partial charge on any atom is 0.250 e. The molecule has 2 aromatic rings. The number of nitrogens with one attached hydrogen (secondary N) is 1. The molecule has 5 heteroatoms. The zero-order chi connectivity index (χ0) is 18.9. The van der Waals surface area contributed by atoms with E-state index in [0.717, 1.165) is 17.7 Å². The van der Waals surface area contributed by atoms with Gasteiger partial charge >= 0.3 is 0 Å². The molecule has 1 atom stereocenters. The zero-order valence-corrected chi connectivity index (χ0v) is 15.5. The van der Waals surface area contributed by atoms with Crippen LogP contribution in [0.4, 0.5) is 4.39 Å². The summed E-state index contributed by atoms with van der Waals surface area (Å²) in [5, 5.41) is 3.02. The highest BCUT2D eigenvalue weighted by Crippen LogP contribution is 2.64.